The van der Waals surface area contributed by atoms with Gasteiger partial charge in [-0.25, -0.2) is 4.98 Å². The maximum Gasteiger partial charge on any atom is 0.135 e. The molecule has 0 bridgehead atoms. The number of nitrogens with one attached hydrogen (secondary N) is 1. The van der Waals surface area contributed by atoms with Gasteiger partial charge in [0.15, 0.2) is 0 Å². The summed E-state index contributed by atoms with van der Waals surface area (Å²) in [5, 5.41) is 0. The van der Waals surface area contributed by atoms with E-state index in [0.717, 1.165) is 33.8 Å². The van der Waals surface area contributed by atoms with E-state index in [1.807, 2.05) is 12.1 Å². The molecule has 84 valence electrons. The predicted octanol–water partition coefficient (Wildman–Crippen LogP) is 3.50. The van der Waals surface area contributed by atoms with Gasteiger partial charge in [-0.15, -0.1) is 0 Å². The monoisotopic (exact) mass is 280 g/mol. The van der Waals surface area contributed by atoms with E-state index in [-0.39, 0.29) is 0 Å². The number of fused-ring (bicyclic) bond motifs is 1. The number of nitrogens with zero attached hydrogens (tertiary/aromatic N) is 1. The van der Waals surface area contributed by atoms with Crippen molar-refractivity contribution in [2.45, 2.75) is 19.3 Å². The van der Waals surface area contributed by atoms with Crippen molar-refractivity contribution in [2.24, 2.45) is 5.92 Å². The van der Waals surface area contributed by atoms with Crippen LogP contribution in [0.5, 0.6) is 5.75 Å². The first kappa shape index (κ1) is 10.1. The highest BCUT2D eigenvalue weighted by Gasteiger charge is 2.18. The maximum absolute atomic E-state index is 5.82. The lowest BCUT2D eigenvalue weighted by Gasteiger charge is -2.25. The Kier molecular flexibility index (Phi) is 2.59. The van der Waals surface area contributed by atoms with Crippen molar-refractivity contribution in [2.75, 3.05) is 6.61 Å². The second kappa shape index (κ2) is 4.09. The van der Waals surface area contributed by atoms with Crippen LogP contribution in [0.25, 0.3) is 11.0 Å². The molecule has 0 aliphatic heterocycles. The van der Waals surface area contributed by atoms with Gasteiger partial charge in [-0.3, -0.25) is 0 Å². The van der Waals surface area contributed by atoms with Crippen LogP contribution in [0, 0.1) is 5.92 Å². The number of benzene rings is 1. The summed E-state index contributed by atoms with van der Waals surface area (Å²) in [5.74, 6) is 1.66. The molecule has 1 aromatic carbocycles. The van der Waals surface area contributed by atoms with Gasteiger partial charge < -0.3 is 9.72 Å². The second-order valence-electron chi connectivity index (χ2n) is 4.31. The van der Waals surface area contributed by atoms with Crippen LogP contribution < -0.4 is 4.74 Å². The number of hydrogen-bond acceptors (Lipinski definition) is 2. The van der Waals surface area contributed by atoms with Gasteiger partial charge in [-0.1, -0.05) is 6.42 Å². The third kappa shape index (κ3) is 1.82. The molecule has 3 nitrogen and oxygen atoms in total. The Morgan fingerprint density at radius 2 is 2.31 bits per heavy atom. The molecule has 1 fully saturated rings. The van der Waals surface area contributed by atoms with Crippen molar-refractivity contribution < 1.29 is 4.74 Å². The van der Waals surface area contributed by atoms with Crippen molar-refractivity contribution >= 4 is 27.0 Å². The second-order valence-corrected chi connectivity index (χ2v) is 5.16. The van der Waals surface area contributed by atoms with Crippen LogP contribution in [-0.2, 0) is 0 Å². The Morgan fingerprint density at radius 1 is 1.44 bits per heavy atom. The Bertz CT molecular complexity index is 505. The zero-order chi connectivity index (χ0) is 11.0. The zero-order valence-corrected chi connectivity index (χ0v) is 10.5. The standard InChI is InChI=1S/C12H13BrN2O/c13-9-4-10-11(15-7-14-10)5-12(9)16-6-8-2-1-3-8/h4-5,7-8H,1-3,6H2,(H,14,15). The Labute approximate surface area is 102 Å². The van der Waals surface area contributed by atoms with Gasteiger partial charge in [0.1, 0.15) is 5.75 Å². The molecule has 4 heteroatoms. The number of ether oxygens (including phenoxy) is 1. The third-order valence-corrected chi connectivity index (χ3v) is 3.79. The van der Waals surface area contributed by atoms with Gasteiger partial charge >= 0.3 is 0 Å². The summed E-state index contributed by atoms with van der Waals surface area (Å²) in [6.07, 6.45) is 5.68. The highest BCUT2D eigenvalue weighted by molar-refractivity contribution is 9.10. The molecule has 1 aliphatic rings. The maximum atomic E-state index is 5.82. The van der Waals surface area contributed by atoms with Crippen LogP contribution in [0.2, 0.25) is 0 Å². The number of imidazole rings is 1. The fourth-order valence-corrected chi connectivity index (χ4v) is 2.36. The lowest BCUT2D eigenvalue weighted by Crippen LogP contribution is -2.19. The van der Waals surface area contributed by atoms with Gasteiger partial charge in [-0.05, 0) is 40.8 Å². The van der Waals surface area contributed by atoms with Crippen LogP contribution >= 0.6 is 15.9 Å². The zero-order valence-electron chi connectivity index (χ0n) is 8.87. The van der Waals surface area contributed by atoms with E-state index in [4.69, 9.17) is 4.74 Å². The molecule has 1 aliphatic carbocycles. The van der Waals surface area contributed by atoms with Crippen molar-refractivity contribution in [3.05, 3.63) is 22.9 Å². The Morgan fingerprint density at radius 3 is 3.06 bits per heavy atom. The van der Waals surface area contributed by atoms with E-state index >= 15 is 0 Å². The van der Waals surface area contributed by atoms with Crippen LogP contribution in [-0.4, -0.2) is 16.6 Å². The lowest BCUT2D eigenvalue weighted by molar-refractivity contribution is 0.180. The summed E-state index contributed by atoms with van der Waals surface area (Å²) < 4.78 is 6.80. The molecule has 1 aromatic heterocycles. The average Bonchev–Trinajstić information content (AvgIpc) is 2.62. The van der Waals surface area contributed by atoms with E-state index in [1.165, 1.54) is 19.3 Å². The molecular formula is C12H13BrN2O. The van der Waals surface area contributed by atoms with E-state index in [9.17, 15) is 0 Å². The Balaban J connectivity index is 1.81. The molecule has 1 saturated carbocycles. The van der Waals surface area contributed by atoms with E-state index < -0.39 is 0 Å². The smallest absolute Gasteiger partial charge is 0.135 e. The van der Waals surface area contributed by atoms with Crippen LogP contribution in [0.15, 0.2) is 22.9 Å². The molecular weight excluding hydrogens is 268 g/mol. The minimum atomic E-state index is 0.754. The van der Waals surface area contributed by atoms with Gasteiger partial charge in [0.05, 0.1) is 28.4 Å². The number of H-pyrrole nitrogens is 1. The minimum Gasteiger partial charge on any atom is -0.492 e. The molecule has 1 N–H and O–H groups in total. The molecule has 16 heavy (non-hydrogen) atoms. The van der Waals surface area contributed by atoms with Crippen LogP contribution in [0.1, 0.15) is 19.3 Å². The first-order valence-electron chi connectivity index (χ1n) is 5.58. The molecule has 0 spiro atoms. The SMILES string of the molecule is Brc1cc2nc[nH]c2cc1OCC1CCC1. The first-order chi connectivity index (χ1) is 7.83. The van der Waals surface area contributed by atoms with Crippen molar-refractivity contribution in [1.82, 2.24) is 9.97 Å². The molecule has 0 saturated heterocycles. The third-order valence-electron chi connectivity index (χ3n) is 3.17. The average molecular weight is 281 g/mol. The first-order valence-corrected chi connectivity index (χ1v) is 6.37. The number of aromatic amines is 1. The topological polar surface area (TPSA) is 37.9 Å². The highest BCUT2D eigenvalue weighted by atomic mass is 79.9. The normalized spacial score (nSPS) is 16.3. The minimum absolute atomic E-state index is 0.754. The van der Waals surface area contributed by atoms with Crippen molar-refractivity contribution in [1.29, 1.82) is 0 Å². The largest absolute Gasteiger partial charge is 0.492 e. The van der Waals surface area contributed by atoms with Crippen LogP contribution in [0.3, 0.4) is 0 Å². The molecule has 0 unspecified atom stereocenters. The lowest BCUT2D eigenvalue weighted by atomic mass is 9.86. The van der Waals surface area contributed by atoms with E-state index in [2.05, 4.69) is 25.9 Å². The summed E-state index contributed by atoms with van der Waals surface area (Å²) in [5.41, 5.74) is 1.98. The van der Waals surface area contributed by atoms with Gasteiger partial charge in [0.25, 0.3) is 0 Å². The van der Waals surface area contributed by atoms with Crippen LogP contribution in [0.4, 0.5) is 0 Å². The quantitative estimate of drug-likeness (QED) is 0.935. The molecule has 0 amide bonds. The number of hydrogen-bond donors (Lipinski definition) is 1. The molecule has 0 atom stereocenters. The van der Waals surface area contributed by atoms with Crippen molar-refractivity contribution in [3.8, 4) is 5.75 Å². The number of aromatic nitrogens is 2. The Hall–Kier alpha value is -1.03. The van der Waals surface area contributed by atoms with E-state index in [1.54, 1.807) is 6.33 Å². The number of rotatable bonds is 3. The summed E-state index contributed by atoms with van der Waals surface area (Å²) in [6, 6.07) is 3.99. The molecule has 1 heterocycles. The molecule has 0 radical (unpaired) electrons. The highest BCUT2D eigenvalue weighted by Crippen LogP contribution is 2.32. The van der Waals surface area contributed by atoms with Crippen molar-refractivity contribution in [3.63, 3.8) is 0 Å². The predicted molar refractivity (Wildman–Crippen MR) is 66.6 cm³/mol. The van der Waals surface area contributed by atoms with Gasteiger partial charge in [0, 0.05) is 6.07 Å². The summed E-state index contributed by atoms with van der Waals surface area (Å²) >= 11 is 3.51. The fraction of sp³-hybridized carbons (Fsp3) is 0.417. The van der Waals surface area contributed by atoms with Gasteiger partial charge in [0.2, 0.25) is 0 Å². The van der Waals surface area contributed by atoms with Gasteiger partial charge in [-0.2, -0.15) is 0 Å². The fourth-order valence-electron chi connectivity index (χ4n) is 1.91. The summed E-state index contributed by atoms with van der Waals surface area (Å²) in [7, 11) is 0. The number of halogens is 1. The summed E-state index contributed by atoms with van der Waals surface area (Å²) in [4.78, 5) is 7.29. The summed E-state index contributed by atoms with van der Waals surface area (Å²) in [6.45, 7) is 0.832. The molecule has 3 rings (SSSR count). The molecule has 2 aromatic rings. The van der Waals surface area contributed by atoms with E-state index in [0.29, 0.717) is 0 Å².